The van der Waals surface area contributed by atoms with Gasteiger partial charge in [0, 0.05) is 18.8 Å². The zero-order valence-corrected chi connectivity index (χ0v) is 11.8. The summed E-state index contributed by atoms with van der Waals surface area (Å²) < 4.78 is 5.03. The van der Waals surface area contributed by atoms with E-state index in [2.05, 4.69) is 5.32 Å². The Morgan fingerprint density at radius 3 is 2.65 bits per heavy atom. The third kappa shape index (κ3) is 3.61. The van der Waals surface area contributed by atoms with Crippen LogP contribution in [0.3, 0.4) is 0 Å². The Balaban J connectivity index is 1.90. The molecule has 1 amide bonds. The van der Waals surface area contributed by atoms with Crippen LogP contribution in [-0.2, 0) is 4.79 Å². The predicted octanol–water partition coefficient (Wildman–Crippen LogP) is 0.324. The lowest BCUT2D eigenvalue weighted by molar-refractivity contribution is -0.117. The second kappa shape index (κ2) is 6.41. The SMILES string of the molecule is COc1ccc(NC(=O)CN2CC(O)C(O)C2)cc1Cl. The fourth-order valence-electron chi connectivity index (χ4n) is 2.12. The van der Waals surface area contributed by atoms with Crippen LogP contribution in [0, 0.1) is 0 Å². The van der Waals surface area contributed by atoms with Gasteiger partial charge in [-0.25, -0.2) is 0 Å². The van der Waals surface area contributed by atoms with E-state index in [-0.39, 0.29) is 25.5 Å². The highest BCUT2D eigenvalue weighted by molar-refractivity contribution is 6.32. The van der Waals surface area contributed by atoms with Crippen molar-refractivity contribution in [3.05, 3.63) is 23.2 Å². The van der Waals surface area contributed by atoms with Crippen molar-refractivity contribution < 1.29 is 19.7 Å². The summed E-state index contributed by atoms with van der Waals surface area (Å²) in [5.41, 5.74) is 0.570. The number of β-amino-alcohol motifs (C(OH)–C–C–N with tert-alkyl or cyclic N) is 2. The monoisotopic (exact) mass is 300 g/mol. The van der Waals surface area contributed by atoms with Crippen molar-refractivity contribution in [1.29, 1.82) is 0 Å². The number of aliphatic hydroxyl groups is 2. The number of carbonyl (C=O) groups excluding carboxylic acids is 1. The Morgan fingerprint density at radius 2 is 2.10 bits per heavy atom. The maximum absolute atomic E-state index is 11.9. The Morgan fingerprint density at radius 1 is 1.45 bits per heavy atom. The van der Waals surface area contributed by atoms with Gasteiger partial charge in [-0.2, -0.15) is 0 Å². The molecule has 0 aliphatic carbocycles. The number of hydrogen-bond donors (Lipinski definition) is 3. The Bertz CT molecular complexity index is 487. The molecule has 2 unspecified atom stereocenters. The molecule has 0 spiro atoms. The molecule has 1 aromatic carbocycles. The van der Waals surface area contributed by atoms with Crippen LogP contribution in [0.25, 0.3) is 0 Å². The molecule has 6 nitrogen and oxygen atoms in total. The minimum Gasteiger partial charge on any atom is -0.495 e. The zero-order chi connectivity index (χ0) is 14.7. The van der Waals surface area contributed by atoms with Gasteiger partial charge in [-0.1, -0.05) is 11.6 Å². The lowest BCUT2D eigenvalue weighted by Crippen LogP contribution is -2.32. The summed E-state index contributed by atoms with van der Waals surface area (Å²) in [6.45, 7) is 0.688. The summed E-state index contributed by atoms with van der Waals surface area (Å²) in [5.74, 6) is 0.308. The number of nitrogens with zero attached hydrogens (tertiary/aromatic N) is 1. The molecule has 3 N–H and O–H groups in total. The second-order valence-corrected chi connectivity index (χ2v) is 5.13. The lowest BCUT2D eigenvalue weighted by atomic mass is 10.3. The molecule has 0 saturated carbocycles. The minimum absolute atomic E-state index is 0.109. The number of nitrogens with one attached hydrogen (secondary N) is 1. The van der Waals surface area contributed by atoms with Gasteiger partial charge in [0.05, 0.1) is 30.9 Å². The number of benzene rings is 1. The van der Waals surface area contributed by atoms with Gasteiger partial charge < -0.3 is 20.3 Å². The molecule has 0 aromatic heterocycles. The van der Waals surface area contributed by atoms with E-state index < -0.39 is 12.2 Å². The number of methoxy groups -OCH3 is 1. The van der Waals surface area contributed by atoms with Crippen molar-refractivity contribution in [3.8, 4) is 5.75 Å². The van der Waals surface area contributed by atoms with Crippen LogP contribution in [0.4, 0.5) is 5.69 Å². The molecule has 2 rings (SSSR count). The third-order valence-electron chi connectivity index (χ3n) is 3.14. The molecule has 20 heavy (non-hydrogen) atoms. The Labute approximate surface area is 121 Å². The van der Waals surface area contributed by atoms with Gasteiger partial charge in [0.25, 0.3) is 0 Å². The molecule has 0 radical (unpaired) electrons. The smallest absolute Gasteiger partial charge is 0.238 e. The van der Waals surface area contributed by atoms with E-state index >= 15 is 0 Å². The summed E-state index contributed by atoms with van der Waals surface area (Å²) >= 11 is 5.97. The van der Waals surface area contributed by atoms with E-state index in [0.717, 1.165) is 0 Å². The van der Waals surface area contributed by atoms with E-state index in [0.29, 0.717) is 16.5 Å². The fourth-order valence-corrected chi connectivity index (χ4v) is 2.38. The number of anilines is 1. The number of likely N-dealkylation sites (tertiary alicyclic amines) is 1. The number of halogens is 1. The van der Waals surface area contributed by atoms with E-state index in [1.807, 2.05) is 0 Å². The summed E-state index contributed by atoms with van der Waals surface area (Å²) in [4.78, 5) is 13.5. The minimum atomic E-state index is -0.793. The van der Waals surface area contributed by atoms with Gasteiger partial charge in [0.15, 0.2) is 0 Å². The highest BCUT2D eigenvalue weighted by Crippen LogP contribution is 2.27. The van der Waals surface area contributed by atoms with Crippen molar-refractivity contribution in [1.82, 2.24) is 4.90 Å². The van der Waals surface area contributed by atoms with E-state index in [1.165, 1.54) is 7.11 Å². The van der Waals surface area contributed by atoms with Crippen molar-refractivity contribution in [3.63, 3.8) is 0 Å². The van der Waals surface area contributed by atoms with Crippen LogP contribution in [0.2, 0.25) is 5.02 Å². The standard InChI is InChI=1S/C13H17ClN2O4/c1-20-12-3-2-8(4-9(12)14)15-13(19)7-16-5-10(17)11(18)6-16/h2-4,10-11,17-18H,5-7H2,1H3,(H,15,19). The van der Waals surface area contributed by atoms with Crippen LogP contribution < -0.4 is 10.1 Å². The maximum Gasteiger partial charge on any atom is 0.238 e. The third-order valence-corrected chi connectivity index (χ3v) is 3.43. The van der Waals surface area contributed by atoms with Gasteiger partial charge in [-0.15, -0.1) is 0 Å². The normalized spacial score (nSPS) is 22.8. The summed E-state index contributed by atoms with van der Waals surface area (Å²) in [6, 6.07) is 4.96. The molecule has 1 aliphatic rings. The second-order valence-electron chi connectivity index (χ2n) is 4.73. The first-order valence-electron chi connectivity index (χ1n) is 6.21. The largest absolute Gasteiger partial charge is 0.495 e. The average molecular weight is 301 g/mol. The highest BCUT2D eigenvalue weighted by Gasteiger charge is 2.30. The first kappa shape index (κ1) is 15.1. The Hall–Kier alpha value is -1.34. The van der Waals surface area contributed by atoms with Gasteiger partial charge >= 0.3 is 0 Å². The van der Waals surface area contributed by atoms with Crippen molar-refractivity contribution in [2.75, 3.05) is 32.1 Å². The van der Waals surface area contributed by atoms with Crippen LogP contribution in [0.5, 0.6) is 5.75 Å². The van der Waals surface area contributed by atoms with Crippen molar-refractivity contribution in [2.45, 2.75) is 12.2 Å². The molecule has 1 heterocycles. The topological polar surface area (TPSA) is 82.0 Å². The number of rotatable bonds is 4. The first-order valence-corrected chi connectivity index (χ1v) is 6.59. The van der Waals surface area contributed by atoms with Gasteiger partial charge in [0.1, 0.15) is 5.75 Å². The number of ether oxygens (including phenoxy) is 1. The Kier molecular flexibility index (Phi) is 4.82. The number of amides is 1. The lowest BCUT2D eigenvalue weighted by Gasteiger charge is -2.14. The molecule has 7 heteroatoms. The van der Waals surface area contributed by atoms with Crippen LogP contribution in [-0.4, -0.2) is 60.0 Å². The number of aliphatic hydroxyl groups excluding tert-OH is 2. The molecule has 1 saturated heterocycles. The average Bonchev–Trinajstić information content (AvgIpc) is 2.68. The molecule has 1 aromatic rings. The van der Waals surface area contributed by atoms with E-state index in [9.17, 15) is 15.0 Å². The highest BCUT2D eigenvalue weighted by atomic mass is 35.5. The van der Waals surface area contributed by atoms with E-state index in [4.69, 9.17) is 16.3 Å². The van der Waals surface area contributed by atoms with E-state index in [1.54, 1.807) is 23.1 Å². The summed E-state index contributed by atoms with van der Waals surface area (Å²) in [6.07, 6.45) is -1.59. The summed E-state index contributed by atoms with van der Waals surface area (Å²) in [5, 5.41) is 21.9. The molecule has 0 bridgehead atoms. The molecule has 1 fully saturated rings. The van der Waals surface area contributed by atoms with Crippen LogP contribution in [0.15, 0.2) is 18.2 Å². The zero-order valence-electron chi connectivity index (χ0n) is 11.0. The quantitative estimate of drug-likeness (QED) is 0.746. The van der Waals surface area contributed by atoms with Crippen molar-refractivity contribution in [2.24, 2.45) is 0 Å². The summed E-state index contributed by atoms with van der Waals surface area (Å²) in [7, 11) is 1.52. The molecule has 1 aliphatic heterocycles. The molecule has 2 atom stereocenters. The maximum atomic E-state index is 11.9. The molecule has 110 valence electrons. The van der Waals surface area contributed by atoms with Crippen molar-refractivity contribution >= 4 is 23.2 Å². The van der Waals surface area contributed by atoms with Gasteiger partial charge in [-0.3, -0.25) is 9.69 Å². The van der Waals surface area contributed by atoms with Crippen LogP contribution in [0.1, 0.15) is 0 Å². The molecular weight excluding hydrogens is 284 g/mol. The first-order chi connectivity index (χ1) is 9.49. The number of carbonyl (C=O) groups is 1. The van der Waals surface area contributed by atoms with Gasteiger partial charge in [-0.05, 0) is 18.2 Å². The van der Waals surface area contributed by atoms with Crippen LogP contribution >= 0.6 is 11.6 Å². The molecular formula is C13H17ClN2O4. The fraction of sp³-hybridized carbons (Fsp3) is 0.462. The number of hydrogen-bond acceptors (Lipinski definition) is 5. The predicted molar refractivity (Wildman–Crippen MR) is 75.1 cm³/mol. The van der Waals surface area contributed by atoms with Gasteiger partial charge in [0.2, 0.25) is 5.91 Å².